The van der Waals surface area contributed by atoms with E-state index in [1.165, 1.54) is 0 Å². The van der Waals surface area contributed by atoms with Crippen molar-refractivity contribution < 1.29 is 29.2 Å². The van der Waals surface area contributed by atoms with Gasteiger partial charge in [-0.25, -0.2) is 5.90 Å². The zero-order chi connectivity index (χ0) is 5.58. The van der Waals surface area contributed by atoms with Gasteiger partial charge in [0.1, 0.15) is 0 Å². The third kappa shape index (κ3) is 989. The van der Waals surface area contributed by atoms with E-state index in [4.69, 9.17) is 20.5 Å². The van der Waals surface area contributed by atoms with Gasteiger partial charge in [0.05, 0.1) is 5.09 Å². The Kier molecular flexibility index (Phi) is 39.1. The first-order valence-electron chi connectivity index (χ1n) is 0.806. The van der Waals surface area contributed by atoms with E-state index in [9.17, 15) is 0 Å². The Morgan fingerprint density at radius 1 is 1.43 bits per heavy atom. The molecule has 0 aromatic rings. The van der Waals surface area contributed by atoms with Crippen molar-refractivity contribution in [2.75, 3.05) is 0 Å². The molecular formula is H3LiN2O4. The molecule has 3 N–H and O–H groups in total. The number of nitrogens with two attached hydrogens (primary N) is 1. The van der Waals surface area contributed by atoms with Crippen molar-refractivity contribution in [2.24, 2.45) is 5.90 Å². The second-order valence-electron chi connectivity index (χ2n) is 0.224. The summed E-state index contributed by atoms with van der Waals surface area (Å²) >= 11 is 0. The molecule has 0 unspecified atom stereocenters. The second kappa shape index (κ2) is 17.2. The summed E-state index contributed by atoms with van der Waals surface area (Å²) in [4.78, 5) is 8.25. The van der Waals surface area contributed by atoms with Crippen molar-refractivity contribution in [1.29, 1.82) is 0 Å². The van der Waals surface area contributed by atoms with Crippen molar-refractivity contribution in [2.45, 2.75) is 0 Å². The molecule has 0 radical (unpaired) electrons. The summed E-state index contributed by atoms with van der Waals surface area (Å²) < 4.78 is 0. The van der Waals surface area contributed by atoms with E-state index in [0.717, 1.165) is 0 Å². The molecule has 0 spiro atoms. The van der Waals surface area contributed by atoms with Crippen LogP contribution in [0.3, 0.4) is 0 Å². The molecule has 0 heterocycles. The Morgan fingerprint density at radius 2 is 1.43 bits per heavy atom. The first-order chi connectivity index (χ1) is 2.73. The molecule has 0 aliphatic rings. The molecule has 7 heteroatoms. The van der Waals surface area contributed by atoms with E-state index >= 15 is 0 Å². The van der Waals surface area contributed by atoms with Crippen molar-refractivity contribution in [3.05, 3.63) is 15.3 Å². The van der Waals surface area contributed by atoms with Gasteiger partial charge in [-0.15, -0.1) is 0 Å². The van der Waals surface area contributed by atoms with Gasteiger partial charge < -0.3 is 20.5 Å². The van der Waals surface area contributed by atoms with Gasteiger partial charge in [-0.05, 0) is 0 Å². The summed E-state index contributed by atoms with van der Waals surface area (Å²) in [6.45, 7) is 0. The van der Waals surface area contributed by atoms with Gasteiger partial charge in [0, 0.05) is 0 Å². The molecular weight excluding hydrogens is 99.0 g/mol. The van der Waals surface area contributed by atoms with Gasteiger partial charge >= 0.3 is 18.9 Å². The zero-order valence-corrected chi connectivity index (χ0v) is 3.70. The maximum absolute atomic E-state index is 8.25. The first-order valence-corrected chi connectivity index (χ1v) is 0.806. The predicted molar refractivity (Wildman–Crippen MR) is 16.3 cm³/mol. The number of rotatable bonds is 0. The molecule has 0 aliphatic carbocycles. The van der Waals surface area contributed by atoms with Gasteiger partial charge in [-0.3, -0.25) is 0 Å². The summed E-state index contributed by atoms with van der Waals surface area (Å²) in [5.74, 6) is 3.50. The van der Waals surface area contributed by atoms with Gasteiger partial charge in [-0.1, -0.05) is 0 Å². The molecule has 0 fully saturated rings. The van der Waals surface area contributed by atoms with Crippen LogP contribution in [-0.2, 0) is 0 Å². The minimum Gasteiger partial charge on any atom is -0.356 e. The summed E-state index contributed by atoms with van der Waals surface area (Å²) in [5.41, 5.74) is 0. The SMILES string of the molecule is NO.O=[N+]([O-])[O-].[Li+]. The Bertz CT molecular complexity index is 32.7. The molecule has 0 aromatic carbocycles. The van der Waals surface area contributed by atoms with Crippen molar-refractivity contribution in [3.63, 3.8) is 0 Å². The van der Waals surface area contributed by atoms with Crippen LogP contribution < -0.4 is 24.8 Å². The van der Waals surface area contributed by atoms with Crippen LogP contribution in [0.5, 0.6) is 0 Å². The summed E-state index contributed by atoms with van der Waals surface area (Å²) in [6.07, 6.45) is 0. The smallest absolute Gasteiger partial charge is 0.356 e. The Balaban J connectivity index is -0.0000000480. The summed E-state index contributed by atoms with van der Waals surface area (Å²) in [5, 5.41) is 21.2. The fourth-order valence-corrected chi connectivity index (χ4v) is 0. The van der Waals surface area contributed by atoms with Crippen LogP contribution in [0, 0.1) is 15.3 Å². The molecule has 6 nitrogen and oxygen atoms in total. The zero-order valence-electron chi connectivity index (χ0n) is 3.70. The Morgan fingerprint density at radius 3 is 1.43 bits per heavy atom. The average molecular weight is 102 g/mol. The number of hydrogen-bond acceptors (Lipinski definition) is 5. The van der Waals surface area contributed by atoms with Crippen LogP contribution in [-0.4, -0.2) is 10.3 Å². The summed E-state index contributed by atoms with van der Waals surface area (Å²) in [6, 6.07) is 0. The van der Waals surface area contributed by atoms with Crippen LogP contribution in [0.25, 0.3) is 0 Å². The van der Waals surface area contributed by atoms with Crippen molar-refractivity contribution >= 4 is 0 Å². The van der Waals surface area contributed by atoms with E-state index in [0.29, 0.717) is 0 Å². The monoisotopic (exact) mass is 102 g/mol. The van der Waals surface area contributed by atoms with E-state index < -0.39 is 5.09 Å². The van der Waals surface area contributed by atoms with Crippen LogP contribution in [0.4, 0.5) is 0 Å². The normalized spacial score (nSPS) is 4.29. The third-order valence-electron chi connectivity index (χ3n) is 0. The third-order valence-corrected chi connectivity index (χ3v) is 0. The molecule has 0 amide bonds. The predicted octanol–water partition coefficient (Wildman–Crippen LogP) is -3.90. The second-order valence-corrected chi connectivity index (χ2v) is 0.224. The fraction of sp³-hybridized carbons (Fsp3) is 0. The number of hydrogen-bond donors (Lipinski definition) is 2. The Hall–Kier alpha value is -0.283. The quantitative estimate of drug-likeness (QED) is 0.184. The maximum Gasteiger partial charge on any atom is 1.00 e. The van der Waals surface area contributed by atoms with E-state index in [-0.39, 0.29) is 18.9 Å². The van der Waals surface area contributed by atoms with Crippen LogP contribution >= 0.6 is 0 Å². The van der Waals surface area contributed by atoms with E-state index in [1.54, 1.807) is 0 Å². The van der Waals surface area contributed by atoms with Gasteiger partial charge in [0.15, 0.2) is 0 Å². The molecule has 0 aromatic heterocycles. The molecule has 0 aliphatic heterocycles. The van der Waals surface area contributed by atoms with Gasteiger partial charge in [-0.2, -0.15) is 0 Å². The molecule has 38 valence electrons. The fourth-order valence-electron chi connectivity index (χ4n) is 0. The standard InChI is InChI=1S/Li.NO3.H3NO/c;2-1(3)4;1-2/h;;2H,1H2/q+1;-1;. The van der Waals surface area contributed by atoms with Crippen LogP contribution in [0.2, 0.25) is 0 Å². The topological polar surface area (TPSA) is 112 Å². The number of nitrogens with zero attached hydrogens (tertiary/aromatic N) is 1. The molecule has 0 bridgehead atoms. The molecule has 7 heavy (non-hydrogen) atoms. The van der Waals surface area contributed by atoms with Crippen LogP contribution in [0.15, 0.2) is 0 Å². The van der Waals surface area contributed by atoms with Gasteiger partial charge in [0.25, 0.3) is 0 Å². The molecule has 0 saturated carbocycles. The van der Waals surface area contributed by atoms with E-state index in [2.05, 4.69) is 5.90 Å². The minimum absolute atomic E-state index is 0. The Labute approximate surface area is 51.2 Å². The molecule has 0 atom stereocenters. The largest absolute Gasteiger partial charge is 1.00 e. The molecule has 0 rings (SSSR count). The minimum atomic E-state index is -1.75. The van der Waals surface area contributed by atoms with Gasteiger partial charge in [0.2, 0.25) is 0 Å². The van der Waals surface area contributed by atoms with Crippen LogP contribution in [0.1, 0.15) is 0 Å². The van der Waals surface area contributed by atoms with Crippen molar-refractivity contribution in [3.8, 4) is 0 Å². The molecule has 0 saturated heterocycles. The maximum atomic E-state index is 8.25. The van der Waals surface area contributed by atoms with E-state index in [1.807, 2.05) is 0 Å². The van der Waals surface area contributed by atoms with Crippen molar-refractivity contribution in [1.82, 2.24) is 0 Å². The average Bonchev–Trinajstić information content (AvgIpc) is 1.41. The first kappa shape index (κ1) is 15.9. The summed E-state index contributed by atoms with van der Waals surface area (Å²) in [7, 11) is 0.